The fourth-order valence-electron chi connectivity index (χ4n) is 3.90. The van der Waals surface area contributed by atoms with Crippen molar-refractivity contribution >= 4 is 38.3 Å². The van der Waals surface area contributed by atoms with E-state index in [4.69, 9.17) is 0 Å². The first kappa shape index (κ1) is 21.0. The molecule has 4 aromatic rings. The van der Waals surface area contributed by atoms with Gasteiger partial charge in [0.25, 0.3) is 10.0 Å². The number of anilines is 2. The number of carbonyl (C=O) groups excluding carboxylic acids is 1. The van der Waals surface area contributed by atoms with Gasteiger partial charge in [0.2, 0.25) is 11.9 Å². The molecular weight excluding hydrogens is 438 g/mol. The molecular formula is C24H21N5O3S. The highest BCUT2D eigenvalue weighted by Gasteiger charge is 2.44. The first-order valence-corrected chi connectivity index (χ1v) is 11.9. The summed E-state index contributed by atoms with van der Waals surface area (Å²) in [6.07, 6.45) is 7.25. The van der Waals surface area contributed by atoms with Crippen LogP contribution >= 0.6 is 0 Å². The van der Waals surface area contributed by atoms with Crippen molar-refractivity contribution in [1.82, 2.24) is 15.0 Å². The van der Waals surface area contributed by atoms with Crippen molar-refractivity contribution in [2.45, 2.75) is 24.2 Å². The molecule has 0 saturated heterocycles. The molecule has 1 saturated carbocycles. The quantitative estimate of drug-likeness (QED) is 0.452. The van der Waals surface area contributed by atoms with Gasteiger partial charge >= 0.3 is 0 Å². The van der Waals surface area contributed by atoms with Gasteiger partial charge in [0.15, 0.2) is 0 Å². The molecule has 0 spiro atoms. The molecule has 2 atom stereocenters. The Kier molecular flexibility index (Phi) is 5.26. The summed E-state index contributed by atoms with van der Waals surface area (Å²) in [4.78, 5) is 24.8. The highest BCUT2D eigenvalue weighted by Crippen LogP contribution is 2.48. The maximum Gasteiger partial charge on any atom is 0.264 e. The van der Waals surface area contributed by atoms with E-state index in [-0.39, 0.29) is 28.6 Å². The molecule has 166 valence electrons. The van der Waals surface area contributed by atoms with Crippen LogP contribution in [0.5, 0.6) is 0 Å². The van der Waals surface area contributed by atoms with E-state index in [9.17, 15) is 13.2 Å². The van der Waals surface area contributed by atoms with E-state index < -0.39 is 10.0 Å². The second kappa shape index (κ2) is 8.25. The third-order valence-corrected chi connectivity index (χ3v) is 7.11. The van der Waals surface area contributed by atoms with Crippen LogP contribution in [0.4, 0.5) is 11.6 Å². The highest BCUT2D eigenvalue weighted by atomic mass is 32.2. The van der Waals surface area contributed by atoms with Gasteiger partial charge in [-0.25, -0.2) is 23.1 Å². The minimum atomic E-state index is -3.79. The number of hydrogen-bond donors (Lipinski definition) is 2. The Morgan fingerprint density at radius 1 is 1.03 bits per heavy atom. The Labute approximate surface area is 191 Å². The molecule has 2 N–H and O–H groups in total. The van der Waals surface area contributed by atoms with Gasteiger partial charge in [0, 0.05) is 41.8 Å². The van der Waals surface area contributed by atoms with E-state index >= 15 is 0 Å². The number of fused-ring (bicyclic) bond motifs is 1. The zero-order valence-corrected chi connectivity index (χ0v) is 18.6. The van der Waals surface area contributed by atoms with Crippen molar-refractivity contribution in [3.8, 4) is 0 Å². The summed E-state index contributed by atoms with van der Waals surface area (Å²) in [5.74, 6) is -0.0950. The van der Waals surface area contributed by atoms with Crippen LogP contribution < -0.4 is 10.0 Å². The van der Waals surface area contributed by atoms with Gasteiger partial charge in [-0.1, -0.05) is 18.2 Å². The van der Waals surface area contributed by atoms with Crippen LogP contribution in [0, 0.1) is 12.8 Å². The number of nitrogens with one attached hydrogen (secondary N) is 2. The van der Waals surface area contributed by atoms with Crippen LogP contribution in [-0.4, -0.2) is 29.3 Å². The van der Waals surface area contributed by atoms with Crippen molar-refractivity contribution in [2.75, 3.05) is 10.0 Å². The van der Waals surface area contributed by atoms with Gasteiger partial charge in [0.1, 0.15) is 0 Å². The number of aryl methyl sites for hydroxylation is 1. The topological polar surface area (TPSA) is 114 Å². The average molecular weight is 460 g/mol. The number of hydrogen-bond acceptors (Lipinski definition) is 6. The molecule has 8 nitrogen and oxygen atoms in total. The van der Waals surface area contributed by atoms with E-state index in [1.807, 2.05) is 25.1 Å². The number of amides is 1. The standard InChI is InChI=1S/C24H21N5O3S/c1-15-13-25-14-17-3-6-18(11-20(15)17)28-23(30)22-12-21(22)16-4-7-19(8-5-16)33(31,32)29-24-26-9-2-10-27-24/h2-11,13-14,21-22H,12H2,1H3,(H,28,30)(H,26,27,29). The molecule has 1 aliphatic rings. The summed E-state index contributed by atoms with van der Waals surface area (Å²) in [6, 6.07) is 14.0. The van der Waals surface area contributed by atoms with E-state index in [0.717, 1.165) is 34.0 Å². The normalized spacial score (nSPS) is 17.5. The molecule has 1 fully saturated rings. The molecule has 5 rings (SSSR count). The summed E-state index contributed by atoms with van der Waals surface area (Å²) in [5.41, 5.74) is 2.74. The lowest BCUT2D eigenvalue weighted by molar-refractivity contribution is -0.117. The van der Waals surface area contributed by atoms with E-state index in [1.165, 1.54) is 24.5 Å². The zero-order valence-electron chi connectivity index (χ0n) is 17.8. The minimum absolute atomic E-state index is 0.0145. The number of sulfonamides is 1. The molecule has 1 aliphatic carbocycles. The summed E-state index contributed by atoms with van der Waals surface area (Å²) in [6.45, 7) is 1.99. The van der Waals surface area contributed by atoms with Crippen molar-refractivity contribution in [3.63, 3.8) is 0 Å². The lowest BCUT2D eigenvalue weighted by atomic mass is 10.1. The van der Waals surface area contributed by atoms with Gasteiger partial charge in [0.05, 0.1) is 4.90 Å². The molecule has 0 bridgehead atoms. The molecule has 2 aromatic heterocycles. The Balaban J connectivity index is 1.25. The number of aromatic nitrogens is 3. The molecule has 2 aromatic carbocycles. The molecule has 1 amide bonds. The van der Waals surface area contributed by atoms with Gasteiger partial charge < -0.3 is 5.32 Å². The number of benzene rings is 2. The number of nitrogens with zero attached hydrogens (tertiary/aromatic N) is 3. The summed E-state index contributed by atoms with van der Waals surface area (Å²) < 4.78 is 27.4. The van der Waals surface area contributed by atoms with E-state index in [0.29, 0.717) is 0 Å². The molecule has 9 heteroatoms. The fourth-order valence-corrected chi connectivity index (χ4v) is 4.86. The Morgan fingerprint density at radius 2 is 1.79 bits per heavy atom. The summed E-state index contributed by atoms with van der Waals surface area (Å²) in [5, 5.41) is 5.09. The molecule has 0 aliphatic heterocycles. The van der Waals surface area contributed by atoms with Crippen molar-refractivity contribution < 1.29 is 13.2 Å². The summed E-state index contributed by atoms with van der Waals surface area (Å²) >= 11 is 0. The number of carbonyl (C=O) groups is 1. The fraction of sp³-hybridized carbons (Fsp3) is 0.167. The van der Waals surface area contributed by atoms with Gasteiger partial charge in [-0.3, -0.25) is 9.78 Å². The van der Waals surface area contributed by atoms with Gasteiger partial charge in [-0.15, -0.1) is 0 Å². The van der Waals surface area contributed by atoms with Crippen LogP contribution in [-0.2, 0) is 14.8 Å². The average Bonchev–Trinajstić information content (AvgIpc) is 3.61. The van der Waals surface area contributed by atoms with Gasteiger partial charge in [-0.2, -0.15) is 0 Å². The van der Waals surface area contributed by atoms with E-state index in [2.05, 4.69) is 25.0 Å². The van der Waals surface area contributed by atoms with Crippen LogP contribution in [0.25, 0.3) is 10.8 Å². The molecule has 2 heterocycles. The molecule has 0 radical (unpaired) electrons. The Morgan fingerprint density at radius 3 is 2.55 bits per heavy atom. The second-order valence-electron chi connectivity index (χ2n) is 8.08. The Hall–Kier alpha value is -3.85. The first-order chi connectivity index (χ1) is 15.9. The highest BCUT2D eigenvalue weighted by molar-refractivity contribution is 7.92. The van der Waals surface area contributed by atoms with E-state index in [1.54, 1.807) is 30.6 Å². The predicted octanol–water partition coefficient (Wildman–Crippen LogP) is 3.88. The van der Waals surface area contributed by atoms with Crippen molar-refractivity contribution in [2.24, 2.45) is 5.92 Å². The monoisotopic (exact) mass is 459 g/mol. The molecule has 2 unspecified atom stereocenters. The van der Waals surface area contributed by atoms with Gasteiger partial charge in [-0.05, 0) is 66.1 Å². The van der Waals surface area contributed by atoms with Crippen molar-refractivity contribution in [3.05, 3.63) is 84.4 Å². The summed E-state index contributed by atoms with van der Waals surface area (Å²) in [7, 11) is -3.79. The number of rotatable bonds is 6. The smallest absolute Gasteiger partial charge is 0.264 e. The second-order valence-corrected chi connectivity index (χ2v) is 9.76. The first-order valence-electron chi connectivity index (χ1n) is 10.5. The predicted molar refractivity (Wildman–Crippen MR) is 125 cm³/mol. The Bertz CT molecular complexity index is 1440. The largest absolute Gasteiger partial charge is 0.326 e. The van der Waals surface area contributed by atoms with Crippen LogP contribution in [0.15, 0.2) is 78.2 Å². The number of pyridine rings is 1. The SMILES string of the molecule is Cc1cncc2ccc(NC(=O)C3CC3c3ccc(S(=O)(=O)Nc4ncccn4)cc3)cc12. The van der Waals surface area contributed by atoms with Crippen molar-refractivity contribution in [1.29, 1.82) is 0 Å². The van der Waals surface area contributed by atoms with Crippen LogP contribution in [0.3, 0.4) is 0 Å². The molecule has 33 heavy (non-hydrogen) atoms. The van der Waals surface area contributed by atoms with Crippen LogP contribution in [0.2, 0.25) is 0 Å². The maximum atomic E-state index is 12.8. The zero-order chi connectivity index (χ0) is 23.0. The van der Waals surface area contributed by atoms with Crippen LogP contribution in [0.1, 0.15) is 23.5 Å². The lowest BCUT2D eigenvalue weighted by Crippen LogP contribution is -2.15. The maximum absolute atomic E-state index is 12.8. The third kappa shape index (κ3) is 4.40. The third-order valence-electron chi connectivity index (χ3n) is 5.76. The lowest BCUT2D eigenvalue weighted by Gasteiger charge is -2.09. The minimum Gasteiger partial charge on any atom is -0.326 e.